The second-order valence-electron chi connectivity index (χ2n) is 12.3. The van der Waals surface area contributed by atoms with Crippen LogP contribution >= 0.6 is 0 Å². The number of anilines is 1. The minimum atomic E-state index is -1.75. The van der Waals surface area contributed by atoms with Crippen LogP contribution in [0, 0.1) is 0 Å². The van der Waals surface area contributed by atoms with Gasteiger partial charge in [0.1, 0.15) is 5.76 Å². The molecule has 0 aliphatic heterocycles. The van der Waals surface area contributed by atoms with Crippen molar-refractivity contribution in [2.45, 2.75) is 76.7 Å². The Bertz CT molecular complexity index is 1630. The molecule has 7 nitrogen and oxygen atoms in total. The molecule has 39 heavy (non-hydrogen) atoms. The molecule has 1 aromatic carbocycles. The molecule has 1 fully saturated rings. The summed E-state index contributed by atoms with van der Waals surface area (Å²) >= 11 is 0. The molecule has 0 saturated heterocycles. The van der Waals surface area contributed by atoms with E-state index in [-0.39, 0.29) is 5.04 Å². The summed E-state index contributed by atoms with van der Waals surface area (Å²) in [6.07, 6.45) is 14.2. The van der Waals surface area contributed by atoms with E-state index in [1.807, 2.05) is 30.7 Å². The number of benzene rings is 1. The molecule has 0 spiro atoms. The Morgan fingerprint density at radius 3 is 2.56 bits per heavy atom. The summed E-state index contributed by atoms with van der Waals surface area (Å²) in [5.74, 6) is 1.14. The molecular formula is C31H37N5O2Si. The largest absolute Gasteiger partial charge is 0.452 e. The van der Waals surface area contributed by atoms with Gasteiger partial charge in [0, 0.05) is 58.4 Å². The third-order valence-corrected chi connectivity index (χ3v) is 13.3. The average molecular weight is 540 g/mol. The van der Waals surface area contributed by atoms with Crippen LogP contribution in [-0.4, -0.2) is 34.2 Å². The Morgan fingerprint density at radius 1 is 1.00 bits per heavy atom. The second kappa shape index (κ2) is 9.61. The van der Waals surface area contributed by atoms with E-state index in [9.17, 15) is 0 Å². The average Bonchev–Trinajstić information content (AvgIpc) is 3.57. The van der Waals surface area contributed by atoms with Gasteiger partial charge in [-0.15, -0.1) is 0 Å². The normalized spacial score (nSPS) is 18.7. The summed E-state index contributed by atoms with van der Waals surface area (Å²) in [6, 6.07) is 10.6. The number of nitrogens with two attached hydrogens (primary N) is 1. The molecule has 0 amide bonds. The van der Waals surface area contributed by atoms with Crippen molar-refractivity contribution in [1.29, 1.82) is 0 Å². The molecular weight excluding hydrogens is 502 g/mol. The molecule has 1 aliphatic rings. The molecule has 0 bridgehead atoms. The van der Waals surface area contributed by atoms with Gasteiger partial charge in [0.25, 0.3) is 0 Å². The first kappa shape index (κ1) is 25.8. The highest BCUT2D eigenvalue weighted by atomic mass is 28.4. The molecule has 6 rings (SSSR count). The molecule has 5 aromatic rings. The van der Waals surface area contributed by atoms with E-state index in [0.717, 1.165) is 64.3 Å². The first-order valence-corrected chi connectivity index (χ1v) is 16.7. The van der Waals surface area contributed by atoms with Gasteiger partial charge in [-0.25, -0.2) is 4.98 Å². The number of hydrogen-bond acceptors (Lipinski definition) is 6. The summed E-state index contributed by atoms with van der Waals surface area (Å²) < 4.78 is 15.1. The number of rotatable bonds is 5. The van der Waals surface area contributed by atoms with Crippen LogP contribution in [0.15, 0.2) is 65.7 Å². The van der Waals surface area contributed by atoms with Crippen molar-refractivity contribution in [2.75, 3.05) is 5.73 Å². The molecule has 1 aliphatic carbocycles. The fourth-order valence-electron chi connectivity index (χ4n) is 5.44. The van der Waals surface area contributed by atoms with E-state index in [1.54, 1.807) is 6.20 Å². The molecule has 2 N–H and O–H groups in total. The highest BCUT2D eigenvalue weighted by Crippen LogP contribution is 2.41. The zero-order chi connectivity index (χ0) is 27.4. The number of hydrogen-bond donors (Lipinski definition) is 1. The lowest BCUT2D eigenvalue weighted by Gasteiger charge is -2.41. The minimum absolute atomic E-state index is 0.233. The van der Waals surface area contributed by atoms with Crippen molar-refractivity contribution in [2.24, 2.45) is 0 Å². The van der Waals surface area contributed by atoms with Gasteiger partial charge < -0.3 is 14.6 Å². The van der Waals surface area contributed by atoms with Crippen molar-refractivity contribution in [3.05, 3.63) is 61.3 Å². The fourth-order valence-corrected chi connectivity index (χ4v) is 6.86. The molecule has 4 heterocycles. The zero-order valence-corrected chi connectivity index (χ0v) is 24.4. The Labute approximate surface area is 230 Å². The monoisotopic (exact) mass is 539 g/mol. The van der Waals surface area contributed by atoms with E-state index < -0.39 is 8.32 Å². The minimum Gasteiger partial charge on any atom is -0.452 e. The third kappa shape index (κ3) is 4.76. The fraction of sp³-hybridized carbons (Fsp3) is 0.387. The highest BCUT2D eigenvalue weighted by Gasteiger charge is 2.40. The maximum Gasteiger partial charge on any atom is 0.192 e. The van der Waals surface area contributed by atoms with Crippen molar-refractivity contribution in [1.82, 2.24) is 19.7 Å². The molecule has 0 atom stereocenters. The molecule has 1 saturated carbocycles. The smallest absolute Gasteiger partial charge is 0.192 e. The van der Waals surface area contributed by atoms with Gasteiger partial charge in [-0.2, -0.15) is 5.10 Å². The van der Waals surface area contributed by atoms with Crippen LogP contribution in [0.1, 0.15) is 52.5 Å². The predicted octanol–water partition coefficient (Wildman–Crippen LogP) is 7.99. The lowest BCUT2D eigenvalue weighted by atomic mass is 9.93. The molecule has 202 valence electrons. The van der Waals surface area contributed by atoms with Crippen LogP contribution in [0.25, 0.3) is 44.2 Å². The van der Waals surface area contributed by atoms with Crippen LogP contribution in [0.5, 0.6) is 0 Å². The van der Waals surface area contributed by atoms with Crippen LogP contribution in [0.3, 0.4) is 0 Å². The second-order valence-corrected chi connectivity index (χ2v) is 17.1. The Balaban J connectivity index is 1.26. The van der Waals surface area contributed by atoms with E-state index in [1.165, 1.54) is 0 Å². The Morgan fingerprint density at radius 2 is 1.79 bits per heavy atom. The van der Waals surface area contributed by atoms with Gasteiger partial charge in [-0.05, 0) is 61.3 Å². The molecule has 8 heteroatoms. The quantitative estimate of drug-likeness (QED) is 0.228. The van der Waals surface area contributed by atoms with Crippen molar-refractivity contribution >= 4 is 35.9 Å². The third-order valence-electron chi connectivity index (χ3n) is 8.73. The molecule has 0 unspecified atom stereocenters. The summed E-state index contributed by atoms with van der Waals surface area (Å²) in [6.45, 7) is 11.6. The van der Waals surface area contributed by atoms with Crippen LogP contribution < -0.4 is 5.73 Å². The SMILES string of the molecule is CC(C)(C)[Si](C)(C)OC1CCC(n2cc(-c3cnc(N)c4oc(-c5cccc6cnccc56)cc34)cn2)CC1. The van der Waals surface area contributed by atoms with Crippen LogP contribution in [-0.2, 0) is 4.43 Å². The lowest BCUT2D eigenvalue weighted by molar-refractivity contribution is 0.115. The summed E-state index contributed by atoms with van der Waals surface area (Å²) in [7, 11) is -1.75. The first-order chi connectivity index (χ1) is 18.6. The van der Waals surface area contributed by atoms with Gasteiger partial charge in [-0.3, -0.25) is 9.67 Å². The van der Waals surface area contributed by atoms with Crippen molar-refractivity contribution < 1.29 is 8.84 Å². The Kier molecular flexibility index (Phi) is 6.35. The maximum atomic E-state index is 6.70. The Hall–Kier alpha value is -3.49. The van der Waals surface area contributed by atoms with E-state index >= 15 is 0 Å². The highest BCUT2D eigenvalue weighted by molar-refractivity contribution is 6.74. The van der Waals surface area contributed by atoms with Gasteiger partial charge in [0.2, 0.25) is 0 Å². The van der Waals surface area contributed by atoms with E-state index in [4.69, 9.17) is 19.7 Å². The zero-order valence-electron chi connectivity index (χ0n) is 23.4. The van der Waals surface area contributed by atoms with Gasteiger partial charge >= 0.3 is 0 Å². The van der Waals surface area contributed by atoms with Crippen LogP contribution in [0.2, 0.25) is 18.1 Å². The number of aromatic nitrogens is 4. The summed E-state index contributed by atoms with van der Waals surface area (Å²) in [5, 5.41) is 8.10. The summed E-state index contributed by atoms with van der Waals surface area (Å²) in [4.78, 5) is 8.72. The topological polar surface area (TPSA) is 92.0 Å². The van der Waals surface area contributed by atoms with E-state index in [0.29, 0.717) is 23.5 Å². The van der Waals surface area contributed by atoms with Crippen LogP contribution in [0.4, 0.5) is 5.82 Å². The predicted molar refractivity (Wildman–Crippen MR) is 160 cm³/mol. The number of fused-ring (bicyclic) bond motifs is 2. The maximum absolute atomic E-state index is 6.70. The number of pyridine rings is 2. The van der Waals surface area contributed by atoms with Crippen molar-refractivity contribution in [3.63, 3.8) is 0 Å². The number of nitrogen functional groups attached to an aromatic ring is 1. The van der Waals surface area contributed by atoms with Crippen molar-refractivity contribution in [3.8, 4) is 22.5 Å². The number of nitrogens with zero attached hydrogens (tertiary/aromatic N) is 4. The van der Waals surface area contributed by atoms with Gasteiger partial charge in [-0.1, -0.05) is 39.0 Å². The van der Waals surface area contributed by atoms with Gasteiger partial charge in [0.15, 0.2) is 19.7 Å². The molecule has 4 aromatic heterocycles. The number of furan rings is 1. The summed E-state index contributed by atoms with van der Waals surface area (Å²) in [5.41, 5.74) is 9.86. The van der Waals surface area contributed by atoms with E-state index in [2.05, 4.69) is 72.9 Å². The first-order valence-electron chi connectivity index (χ1n) is 13.8. The van der Waals surface area contributed by atoms with Gasteiger partial charge in [0.05, 0.1) is 12.2 Å². The standard InChI is InChI=1S/C31H37N5O2Si/c1-31(2,3)39(4,5)38-23-11-9-22(10-12-23)36-19-21(17-35-36)27-18-34-30(32)29-26(27)15-28(37-29)25-8-6-7-20-16-33-14-13-24(20)25/h6-8,13-19,22-23H,9-12H2,1-5H3,(H2,32,34). The molecule has 0 radical (unpaired) electrons. The lowest BCUT2D eigenvalue weighted by Crippen LogP contribution is -2.44.